The van der Waals surface area contributed by atoms with Crippen LogP contribution >= 0.6 is 11.6 Å². The number of hydrogen-bond acceptors (Lipinski definition) is 3. The smallest absolute Gasteiger partial charge is 0.416 e. The third-order valence-electron chi connectivity index (χ3n) is 4.65. The van der Waals surface area contributed by atoms with Gasteiger partial charge in [0.15, 0.2) is 5.78 Å². The average Bonchev–Trinajstić information content (AvgIpc) is 3.24. The second-order valence-electron chi connectivity index (χ2n) is 6.09. The number of benzene rings is 2. The van der Waals surface area contributed by atoms with Crippen LogP contribution in [0.25, 0.3) is 0 Å². The lowest BCUT2D eigenvalue weighted by atomic mass is 10.0. The van der Waals surface area contributed by atoms with Crippen LogP contribution in [0.3, 0.4) is 0 Å². The monoisotopic (exact) mass is 366 g/mol. The predicted octanol–water partition coefficient (Wildman–Crippen LogP) is 4.49. The van der Waals surface area contributed by atoms with Gasteiger partial charge in [0.1, 0.15) is 5.75 Å². The molecule has 2 aromatic rings. The van der Waals surface area contributed by atoms with E-state index in [1.807, 2.05) is 0 Å². The number of carbonyl (C=O) groups excluding carboxylic acids is 2. The van der Waals surface area contributed by atoms with Crippen molar-refractivity contribution >= 4 is 23.4 Å². The number of rotatable bonds is 2. The Morgan fingerprint density at radius 1 is 1.08 bits per heavy atom. The molecule has 1 saturated carbocycles. The lowest BCUT2D eigenvalue weighted by Gasteiger charge is -2.11. The normalized spacial score (nSPS) is 23.8. The van der Waals surface area contributed by atoms with Crippen LogP contribution in [0.2, 0.25) is 5.02 Å². The van der Waals surface area contributed by atoms with E-state index in [9.17, 15) is 22.8 Å². The lowest BCUT2D eigenvalue weighted by molar-refractivity contribution is -0.137. The zero-order valence-electron chi connectivity index (χ0n) is 12.5. The van der Waals surface area contributed by atoms with E-state index in [1.54, 1.807) is 24.3 Å². The first-order valence-corrected chi connectivity index (χ1v) is 7.88. The fourth-order valence-corrected chi connectivity index (χ4v) is 3.66. The number of ether oxygens (including phenoxy) is 1. The third-order valence-corrected chi connectivity index (χ3v) is 4.95. The predicted molar refractivity (Wildman–Crippen MR) is 82.6 cm³/mol. The van der Waals surface area contributed by atoms with E-state index >= 15 is 0 Å². The minimum Gasteiger partial charge on any atom is -0.425 e. The Bertz CT molecular complexity index is 907. The highest BCUT2D eigenvalue weighted by Crippen LogP contribution is 2.61. The summed E-state index contributed by atoms with van der Waals surface area (Å²) in [6.07, 6.45) is -4.53. The average molecular weight is 367 g/mol. The largest absolute Gasteiger partial charge is 0.425 e. The number of fused-ring (bicyclic) bond motifs is 3. The number of esters is 1. The molecule has 0 bridgehead atoms. The molecule has 3 atom stereocenters. The number of halogens is 4. The second-order valence-corrected chi connectivity index (χ2v) is 6.50. The Kier molecular flexibility index (Phi) is 3.44. The zero-order chi connectivity index (χ0) is 17.9. The molecule has 0 spiro atoms. The van der Waals surface area contributed by atoms with Crippen LogP contribution in [-0.4, -0.2) is 11.8 Å². The van der Waals surface area contributed by atoms with Crippen molar-refractivity contribution in [2.24, 2.45) is 11.8 Å². The molecular formula is C18H10ClF3O3. The topological polar surface area (TPSA) is 43.4 Å². The maximum absolute atomic E-state index is 12.6. The van der Waals surface area contributed by atoms with Crippen molar-refractivity contribution in [1.82, 2.24) is 0 Å². The number of alkyl halides is 3. The van der Waals surface area contributed by atoms with E-state index in [0.29, 0.717) is 11.6 Å². The molecular weight excluding hydrogens is 357 g/mol. The number of Topliss-reactive ketones (excluding diaryl/α,β-unsaturated/α-hetero) is 1. The van der Waals surface area contributed by atoms with Gasteiger partial charge in [-0.05, 0) is 23.8 Å². The van der Waals surface area contributed by atoms with Crippen LogP contribution < -0.4 is 4.74 Å². The minimum atomic E-state index is -4.53. The van der Waals surface area contributed by atoms with Gasteiger partial charge < -0.3 is 4.74 Å². The summed E-state index contributed by atoms with van der Waals surface area (Å²) in [6.45, 7) is 0. The molecule has 1 fully saturated rings. The van der Waals surface area contributed by atoms with E-state index in [1.165, 1.54) is 0 Å². The maximum Gasteiger partial charge on any atom is 0.416 e. The second kappa shape index (κ2) is 5.33. The highest BCUT2D eigenvalue weighted by Gasteiger charge is 2.65. The summed E-state index contributed by atoms with van der Waals surface area (Å²) in [5.41, 5.74) is 0.511. The quantitative estimate of drug-likeness (QED) is 0.581. The van der Waals surface area contributed by atoms with Crippen LogP contribution in [0.15, 0.2) is 42.5 Å². The molecule has 0 saturated heterocycles. The molecule has 0 heterocycles. The molecule has 128 valence electrons. The van der Waals surface area contributed by atoms with Gasteiger partial charge in [0.2, 0.25) is 0 Å². The first kappa shape index (κ1) is 16.1. The molecule has 0 amide bonds. The van der Waals surface area contributed by atoms with Crippen LogP contribution in [0.5, 0.6) is 5.75 Å². The standard InChI is InChI=1S/C18H10ClF3O3/c19-11-7-8(18(20,21)22)5-6-12(11)25-17(24)15-13-9-3-1-2-4-10(9)16(23)14(13)15/h1-7,13-15H. The summed E-state index contributed by atoms with van der Waals surface area (Å²) in [6, 6.07) is 9.59. The molecule has 0 aliphatic heterocycles. The molecule has 25 heavy (non-hydrogen) atoms. The van der Waals surface area contributed by atoms with Crippen molar-refractivity contribution in [3.63, 3.8) is 0 Å². The summed E-state index contributed by atoms with van der Waals surface area (Å²) in [5, 5.41) is -0.305. The van der Waals surface area contributed by atoms with Crippen molar-refractivity contribution in [2.45, 2.75) is 12.1 Å². The van der Waals surface area contributed by atoms with Crippen LogP contribution in [-0.2, 0) is 11.0 Å². The van der Waals surface area contributed by atoms with Crippen LogP contribution in [0, 0.1) is 11.8 Å². The number of hydrogen-bond donors (Lipinski definition) is 0. The Morgan fingerprint density at radius 3 is 2.48 bits per heavy atom. The molecule has 7 heteroatoms. The maximum atomic E-state index is 12.6. The number of ketones is 1. The van der Waals surface area contributed by atoms with E-state index < -0.39 is 29.5 Å². The molecule has 2 aliphatic rings. The van der Waals surface area contributed by atoms with Crippen molar-refractivity contribution in [1.29, 1.82) is 0 Å². The molecule has 0 aromatic heterocycles. The molecule has 0 N–H and O–H groups in total. The van der Waals surface area contributed by atoms with Gasteiger partial charge in [-0.2, -0.15) is 13.2 Å². The zero-order valence-corrected chi connectivity index (χ0v) is 13.3. The Labute approximate surface area is 145 Å². The van der Waals surface area contributed by atoms with Crippen molar-refractivity contribution < 1.29 is 27.5 Å². The van der Waals surface area contributed by atoms with Gasteiger partial charge >= 0.3 is 12.1 Å². The molecule has 0 radical (unpaired) electrons. The summed E-state index contributed by atoms with van der Waals surface area (Å²) in [5.74, 6) is -2.17. The van der Waals surface area contributed by atoms with E-state index in [0.717, 1.165) is 17.7 Å². The molecule has 3 nitrogen and oxygen atoms in total. The van der Waals surface area contributed by atoms with E-state index in [-0.39, 0.29) is 22.5 Å². The number of carbonyl (C=O) groups is 2. The fraction of sp³-hybridized carbons (Fsp3) is 0.222. The molecule has 2 aliphatic carbocycles. The fourth-order valence-electron chi connectivity index (χ4n) is 3.45. The van der Waals surface area contributed by atoms with Crippen molar-refractivity contribution in [3.8, 4) is 5.75 Å². The Morgan fingerprint density at radius 2 is 1.80 bits per heavy atom. The Balaban J connectivity index is 1.53. The van der Waals surface area contributed by atoms with Gasteiger partial charge in [0, 0.05) is 17.4 Å². The van der Waals surface area contributed by atoms with Gasteiger partial charge in [-0.1, -0.05) is 35.9 Å². The van der Waals surface area contributed by atoms with Gasteiger partial charge in [-0.25, -0.2) is 0 Å². The van der Waals surface area contributed by atoms with Crippen molar-refractivity contribution in [2.75, 3.05) is 0 Å². The summed E-state index contributed by atoms with van der Waals surface area (Å²) in [7, 11) is 0. The van der Waals surface area contributed by atoms with E-state index in [2.05, 4.69) is 0 Å². The first-order chi connectivity index (χ1) is 11.8. The van der Waals surface area contributed by atoms with Gasteiger partial charge in [-0.3, -0.25) is 9.59 Å². The molecule has 2 aromatic carbocycles. The van der Waals surface area contributed by atoms with Gasteiger partial charge in [0.05, 0.1) is 16.5 Å². The highest BCUT2D eigenvalue weighted by molar-refractivity contribution is 6.32. The summed E-state index contributed by atoms with van der Waals surface area (Å²) >= 11 is 5.79. The Hall–Kier alpha value is -2.34. The van der Waals surface area contributed by atoms with Gasteiger partial charge in [-0.15, -0.1) is 0 Å². The summed E-state index contributed by atoms with van der Waals surface area (Å²) < 4.78 is 43.1. The SMILES string of the molecule is O=C(Oc1ccc(C(F)(F)F)cc1Cl)C1C2C(=O)c3ccccc3C12. The first-order valence-electron chi connectivity index (χ1n) is 7.50. The van der Waals surface area contributed by atoms with E-state index in [4.69, 9.17) is 16.3 Å². The molecule has 3 unspecified atom stereocenters. The molecule has 4 rings (SSSR count). The van der Waals surface area contributed by atoms with Gasteiger partial charge in [0.25, 0.3) is 0 Å². The minimum absolute atomic E-state index is 0.0962. The lowest BCUT2D eigenvalue weighted by Crippen LogP contribution is -2.17. The van der Waals surface area contributed by atoms with Crippen LogP contribution in [0.4, 0.5) is 13.2 Å². The highest BCUT2D eigenvalue weighted by atomic mass is 35.5. The third kappa shape index (κ3) is 2.52. The van der Waals surface area contributed by atoms with Crippen molar-refractivity contribution in [3.05, 3.63) is 64.2 Å². The summed E-state index contributed by atoms with van der Waals surface area (Å²) in [4.78, 5) is 24.6. The van der Waals surface area contributed by atoms with Crippen LogP contribution in [0.1, 0.15) is 27.4 Å².